The Bertz CT molecular complexity index is 858. The summed E-state index contributed by atoms with van der Waals surface area (Å²) in [5.74, 6) is -0.475. The van der Waals surface area contributed by atoms with Gasteiger partial charge in [-0.05, 0) is 38.1 Å². The number of aliphatic hydroxyl groups excluding tert-OH is 4. The second-order valence-corrected chi connectivity index (χ2v) is 8.19. The largest absolute Gasteiger partial charge is 0.508 e. The Morgan fingerprint density at radius 1 is 1.18 bits per heavy atom. The maximum atomic E-state index is 11.9. The van der Waals surface area contributed by atoms with Crippen LogP contribution in [-0.2, 0) is 23.7 Å². The van der Waals surface area contributed by atoms with Crippen molar-refractivity contribution in [2.24, 2.45) is 0 Å². The first-order chi connectivity index (χ1) is 16.1. The first-order valence-electron chi connectivity index (χ1n) is 10.7. The number of phenolic OH excluding ortho intramolecular Hbond substituents is 1. The van der Waals surface area contributed by atoms with Crippen LogP contribution in [0, 0.1) is 0 Å². The van der Waals surface area contributed by atoms with Gasteiger partial charge < -0.3 is 54.3 Å². The summed E-state index contributed by atoms with van der Waals surface area (Å²) in [5.41, 5.74) is -1.68. The van der Waals surface area contributed by atoms with Gasteiger partial charge in [-0.3, -0.25) is 0 Å². The van der Waals surface area contributed by atoms with Crippen molar-refractivity contribution in [1.29, 1.82) is 0 Å². The number of ether oxygens (including phenoxy) is 5. The Balaban J connectivity index is 1.72. The molecular weight excluding hydrogens is 456 g/mol. The molecule has 2 aliphatic heterocycles. The van der Waals surface area contributed by atoms with Gasteiger partial charge in [0.1, 0.15) is 42.5 Å². The van der Waals surface area contributed by atoms with Crippen LogP contribution in [0.5, 0.6) is 11.5 Å². The fourth-order valence-electron chi connectivity index (χ4n) is 3.43. The average molecular weight is 486 g/mol. The molecule has 1 aromatic carbocycles. The molecule has 0 aromatic heterocycles. The molecule has 2 aliphatic rings. The predicted molar refractivity (Wildman–Crippen MR) is 112 cm³/mol. The summed E-state index contributed by atoms with van der Waals surface area (Å²) in [6.07, 6.45) is -8.86. The number of esters is 1. The molecule has 190 valence electrons. The highest BCUT2D eigenvalue weighted by Gasteiger charge is 2.54. The van der Waals surface area contributed by atoms with Gasteiger partial charge in [0.25, 0.3) is 0 Å². The average Bonchev–Trinajstić information content (AvgIpc) is 3.11. The summed E-state index contributed by atoms with van der Waals surface area (Å²) in [6, 6.07) is 5.54. The Morgan fingerprint density at radius 3 is 2.47 bits per heavy atom. The van der Waals surface area contributed by atoms with Crippen LogP contribution in [0.25, 0.3) is 0 Å². The van der Waals surface area contributed by atoms with E-state index < -0.39 is 74.5 Å². The van der Waals surface area contributed by atoms with Gasteiger partial charge in [-0.25, -0.2) is 4.79 Å². The number of carbonyl (C=O) groups excluding carboxylic acids is 1. The third-order valence-electron chi connectivity index (χ3n) is 5.72. The van der Waals surface area contributed by atoms with E-state index in [4.69, 9.17) is 23.7 Å². The second-order valence-electron chi connectivity index (χ2n) is 8.19. The van der Waals surface area contributed by atoms with E-state index in [1.54, 1.807) is 6.92 Å². The topological polar surface area (TPSA) is 185 Å². The number of allylic oxidation sites excluding steroid dienone is 1. The molecular formula is C22H30O12. The number of rotatable bonds is 8. The van der Waals surface area contributed by atoms with Crippen LogP contribution >= 0.6 is 0 Å². The molecule has 2 fully saturated rings. The predicted octanol–water partition coefficient (Wildman–Crippen LogP) is -1.45. The maximum Gasteiger partial charge on any atom is 0.333 e. The van der Waals surface area contributed by atoms with Gasteiger partial charge in [0.05, 0.1) is 13.2 Å². The Labute approximate surface area is 195 Å². The van der Waals surface area contributed by atoms with Gasteiger partial charge in [0, 0.05) is 5.57 Å². The smallest absolute Gasteiger partial charge is 0.333 e. The van der Waals surface area contributed by atoms with Crippen molar-refractivity contribution < 1.29 is 59.1 Å². The summed E-state index contributed by atoms with van der Waals surface area (Å²) >= 11 is 0. The summed E-state index contributed by atoms with van der Waals surface area (Å²) in [4.78, 5) is 11.9. The molecule has 1 aromatic rings. The zero-order valence-electron chi connectivity index (χ0n) is 18.7. The van der Waals surface area contributed by atoms with Crippen molar-refractivity contribution in [2.45, 2.75) is 62.5 Å². The summed E-state index contributed by atoms with van der Waals surface area (Å²) in [6.45, 7) is 1.52. The minimum atomic E-state index is -1.99. The second kappa shape index (κ2) is 11.0. The van der Waals surface area contributed by atoms with Crippen LogP contribution in [0.1, 0.15) is 13.8 Å². The maximum absolute atomic E-state index is 11.9. The molecule has 0 bridgehead atoms. The summed E-state index contributed by atoms with van der Waals surface area (Å²) < 4.78 is 27.2. The Hall–Kier alpha value is -2.29. The molecule has 0 radical (unpaired) electrons. The van der Waals surface area contributed by atoms with Gasteiger partial charge >= 0.3 is 5.97 Å². The lowest BCUT2D eigenvalue weighted by molar-refractivity contribution is -0.318. The van der Waals surface area contributed by atoms with Crippen LogP contribution in [0.2, 0.25) is 0 Å². The van der Waals surface area contributed by atoms with E-state index in [-0.39, 0.29) is 11.5 Å². The van der Waals surface area contributed by atoms with Crippen molar-refractivity contribution in [3.05, 3.63) is 35.9 Å². The fraction of sp³-hybridized carbons (Fsp3) is 0.591. The highest BCUT2D eigenvalue weighted by atomic mass is 16.8. The van der Waals surface area contributed by atoms with E-state index in [0.29, 0.717) is 5.57 Å². The molecule has 8 atom stereocenters. The van der Waals surface area contributed by atoms with Crippen molar-refractivity contribution in [1.82, 2.24) is 0 Å². The van der Waals surface area contributed by atoms with Crippen molar-refractivity contribution in [3.63, 3.8) is 0 Å². The zero-order chi connectivity index (χ0) is 25.0. The molecule has 2 heterocycles. The highest BCUT2D eigenvalue weighted by molar-refractivity contribution is 5.87. The Kier molecular flexibility index (Phi) is 8.49. The number of benzene rings is 1. The molecule has 0 spiro atoms. The third-order valence-corrected chi connectivity index (χ3v) is 5.72. The lowest BCUT2D eigenvalue weighted by Gasteiger charge is -2.42. The first kappa shape index (κ1) is 26.3. The zero-order valence-corrected chi connectivity index (χ0v) is 18.7. The van der Waals surface area contributed by atoms with Gasteiger partial charge in [-0.2, -0.15) is 0 Å². The van der Waals surface area contributed by atoms with Gasteiger partial charge in [0.2, 0.25) is 6.29 Å². The first-order valence-corrected chi connectivity index (χ1v) is 10.7. The number of hydrogen-bond acceptors (Lipinski definition) is 12. The molecule has 6 N–H and O–H groups in total. The molecule has 8 unspecified atom stereocenters. The standard InChI is InChI=1S/C22H30O12/c1-3-11(2)19(28)30-9-22(29)10-31-21(18(22)27)34-17-16(26)15(25)14(8-23)33-20(17)32-13-6-4-12(24)5-7-13/h3-7,14-18,20-21,23-27,29H,8-10H2,1-2H3. The summed E-state index contributed by atoms with van der Waals surface area (Å²) in [5, 5.41) is 61.1. The van der Waals surface area contributed by atoms with Gasteiger partial charge in [0.15, 0.2) is 18.0 Å². The van der Waals surface area contributed by atoms with Gasteiger partial charge in [-0.15, -0.1) is 0 Å². The third kappa shape index (κ3) is 5.67. The van der Waals surface area contributed by atoms with Crippen molar-refractivity contribution in [3.8, 4) is 11.5 Å². The minimum Gasteiger partial charge on any atom is -0.508 e. The molecule has 0 saturated carbocycles. The van der Waals surface area contributed by atoms with Crippen LogP contribution in [-0.4, -0.2) is 105 Å². The molecule has 0 aliphatic carbocycles. The lowest BCUT2D eigenvalue weighted by atomic mass is 9.98. The molecule has 12 nitrogen and oxygen atoms in total. The van der Waals surface area contributed by atoms with Crippen LogP contribution < -0.4 is 4.74 Å². The number of hydrogen-bond donors (Lipinski definition) is 6. The molecule has 12 heteroatoms. The fourth-order valence-corrected chi connectivity index (χ4v) is 3.43. The van der Waals surface area contributed by atoms with Crippen LogP contribution in [0.4, 0.5) is 0 Å². The van der Waals surface area contributed by atoms with E-state index in [2.05, 4.69) is 0 Å². The van der Waals surface area contributed by atoms with E-state index >= 15 is 0 Å². The molecule has 0 amide bonds. The number of aromatic hydroxyl groups is 1. The van der Waals surface area contributed by atoms with Gasteiger partial charge in [-0.1, -0.05) is 6.08 Å². The van der Waals surface area contributed by atoms with E-state index in [1.807, 2.05) is 0 Å². The lowest BCUT2D eigenvalue weighted by Crippen LogP contribution is -2.62. The number of phenols is 1. The molecule has 34 heavy (non-hydrogen) atoms. The SMILES string of the molecule is CC=C(C)C(=O)OCC1(O)COC(OC2C(Oc3ccc(O)cc3)OC(CO)C(O)C2O)C1O. The quantitative estimate of drug-likeness (QED) is 0.186. The normalized spacial score (nSPS) is 36.3. The highest BCUT2D eigenvalue weighted by Crippen LogP contribution is 2.32. The van der Waals surface area contributed by atoms with Crippen molar-refractivity contribution in [2.75, 3.05) is 19.8 Å². The minimum absolute atomic E-state index is 0.0134. The monoisotopic (exact) mass is 486 g/mol. The van der Waals surface area contributed by atoms with Crippen LogP contribution in [0.3, 0.4) is 0 Å². The Morgan fingerprint density at radius 2 is 1.85 bits per heavy atom. The number of carbonyl (C=O) groups is 1. The molecule has 3 rings (SSSR count). The number of aliphatic hydroxyl groups is 5. The van der Waals surface area contributed by atoms with Crippen molar-refractivity contribution >= 4 is 5.97 Å². The van der Waals surface area contributed by atoms with Crippen LogP contribution in [0.15, 0.2) is 35.9 Å². The summed E-state index contributed by atoms with van der Waals surface area (Å²) in [7, 11) is 0. The molecule has 2 saturated heterocycles. The van der Waals surface area contributed by atoms with E-state index in [9.17, 15) is 35.4 Å². The van der Waals surface area contributed by atoms with E-state index in [1.165, 1.54) is 37.3 Å². The van der Waals surface area contributed by atoms with E-state index in [0.717, 1.165) is 0 Å².